The second-order valence-corrected chi connectivity index (χ2v) is 1.39. The van der Waals surface area contributed by atoms with Gasteiger partial charge in [-0.25, -0.2) is 0 Å². The number of nitrogens with one attached hydrogen (secondary N) is 1. The summed E-state index contributed by atoms with van der Waals surface area (Å²) in [5, 5.41) is 7.88. The first-order valence-electron chi connectivity index (χ1n) is 1.87. The van der Waals surface area contributed by atoms with Crippen molar-refractivity contribution in [2.45, 2.75) is 0 Å². The third-order valence-corrected chi connectivity index (χ3v) is 0.928. The number of nitrogens with zero attached hydrogens (tertiary/aromatic N) is 1. The molecule has 3 heteroatoms. The van der Waals surface area contributed by atoms with Crippen LogP contribution in [-0.4, -0.2) is 15.6 Å². The normalized spacial score (nSPS) is 8.57. The maximum atomic E-state index is 4.59. The van der Waals surface area contributed by atoms with E-state index in [0.717, 1.165) is 5.56 Å². The van der Waals surface area contributed by atoms with Crippen molar-refractivity contribution >= 4 is 17.6 Å². The van der Waals surface area contributed by atoms with Crippen molar-refractivity contribution in [2.75, 3.05) is 0 Å². The van der Waals surface area contributed by atoms with Gasteiger partial charge in [-0.3, -0.25) is 5.10 Å². The van der Waals surface area contributed by atoms with E-state index in [4.69, 9.17) is 0 Å². The Bertz CT molecular complexity index is 145. The first-order chi connectivity index (χ1) is 3.43. The van der Waals surface area contributed by atoms with Gasteiger partial charge in [0.05, 0.1) is 6.20 Å². The summed E-state index contributed by atoms with van der Waals surface area (Å²) in [5.74, 6) is 0. The molecular formula is C4H4N2S. The van der Waals surface area contributed by atoms with Gasteiger partial charge in [0.15, 0.2) is 0 Å². The number of rotatable bonds is 1. The van der Waals surface area contributed by atoms with Crippen molar-refractivity contribution < 1.29 is 0 Å². The van der Waals surface area contributed by atoms with Gasteiger partial charge in [0.25, 0.3) is 0 Å². The minimum absolute atomic E-state index is 0.954. The van der Waals surface area contributed by atoms with Crippen LogP contribution in [-0.2, 0) is 0 Å². The summed E-state index contributed by atoms with van der Waals surface area (Å²) in [5.41, 5.74) is 0.954. The molecule has 1 aromatic heterocycles. The van der Waals surface area contributed by atoms with Crippen molar-refractivity contribution in [1.29, 1.82) is 0 Å². The summed E-state index contributed by atoms with van der Waals surface area (Å²) in [7, 11) is 0. The SMILES string of the molecule is S=Cc1cn[nH]c1. The van der Waals surface area contributed by atoms with Crippen LogP contribution in [0.3, 0.4) is 0 Å². The van der Waals surface area contributed by atoms with Crippen molar-refractivity contribution in [1.82, 2.24) is 10.2 Å². The molecule has 0 saturated heterocycles. The number of thiocarbonyl (C=S) groups is 1. The molecule has 1 heterocycles. The molecule has 2 nitrogen and oxygen atoms in total. The van der Waals surface area contributed by atoms with E-state index in [9.17, 15) is 0 Å². The van der Waals surface area contributed by atoms with Crippen molar-refractivity contribution in [3.63, 3.8) is 0 Å². The van der Waals surface area contributed by atoms with Gasteiger partial charge in [-0.1, -0.05) is 12.2 Å². The van der Waals surface area contributed by atoms with Crippen LogP contribution in [0.5, 0.6) is 0 Å². The van der Waals surface area contributed by atoms with E-state index < -0.39 is 0 Å². The maximum Gasteiger partial charge on any atom is 0.0568 e. The molecule has 0 unspecified atom stereocenters. The predicted octanol–water partition coefficient (Wildman–Crippen LogP) is 0.758. The van der Waals surface area contributed by atoms with E-state index in [1.807, 2.05) is 0 Å². The van der Waals surface area contributed by atoms with Crippen LogP contribution in [0.4, 0.5) is 0 Å². The summed E-state index contributed by atoms with van der Waals surface area (Å²) in [4.78, 5) is 0. The lowest BCUT2D eigenvalue weighted by Crippen LogP contribution is -1.64. The van der Waals surface area contributed by atoms with E-state index in [2.05, 4.69) is 22.4 Å². The molecule has 0 atom stereocenters. The number of hydrogen-bond donors (Lipinski definition) is 1. The van der Waals surface area contributed by atoms with E-state index >= 15 is 0 Å². The summed E-state index contributed by atoms with van der Waals surface area (Å²) in [6.45, 7) is 0. The summed E-state index contributed by atoms with van der Waals surface area (Å²) in [6.07, 6.45) is 3.42. The summed E-state index contributed by atoms with van der Waals surface area (Å²) in [6, 6.07) is 0. The Kier molecular flexibility index (Phi) is 1.17. The number of aromatic amines is 1. The Balaban J connectivity index is 2.96. The van der Waals surface area contributed by atoms with Gasteiger partial charge >= 0.3 is 0 Å². The Morgan fingerprint density at radius 3 is 3.00 bits per heavy atom. The number of hydrogen-bond acceptors (Lipinski definition) is 2. The molecule has 0 bridgehead atoms. The second-order valence-electron chi connectivity index (χ2n) is 1.15. The van der Waals surface area contributed by atoms with E-state index in [0.29, 0.717) is 0 Å². The zero-order chi connectivity index (χ0) is 5.11. The summed E-state index contributed by atoms with van der Waals surface area (Å²) < 4.78 is 0. The smallest absolute Gasteiger partial charge is 0.0568 e. The summed E-state index contributed by atoms with van der Waals surface area (Å²) >= 11 is 4.59. The van der Waals surface area contributed by atoms with Crippen LogP contribution in [0.15, 0.2) is 12.4 Å². The van der Waals surface area contributed by atoms with Gasteiger partial charge in [0, 0.05) is 17.1 Å². The van der Waals surface area contributed by atoms with E-state index in [1.54, 1.807) is 17.8 Å². The van der Waals surface area contributed by atoms with Crippen LogP contribution in [0.2, 0.25) is 0 Å². The fourth-order valence-corrected chi connectivity index (χ4v) is 0.454. The molecule has 0 aromatic carbocycles. The van der Waals surface area contributed by atoms with Gasteiger partial charge in [-0.15, -0.1) is 0 Å². The third kappa shape index (κ3) is 0.838. The van der Waals surface area contributed by atoms with Crippen LogP contribution in [0.25, 0.3) is 0 Å². The molecule has 7 heavy (non-hydrogen) atoms. The average molecular weight is 112 g/mol. The molecule has 0 aliphatic carbocycles. The molecule has 36 valence electrons. The van der Waals surface area contributed by atoms with Gasteiger partial charge in [-0.2, -0.15) is 5.10 Å². The molecule has 0 aliphatic rings. The largest absolute Gasteiger partial charge is 0.285 e. The van der Waals surface area contributed by atoms with Crippen LogP contribution >= 0.6 is 12.2 Å². The molecule has 1 N–H and O–H groups in total. The lowest BCUT2D eigenvalue weighted by molar-refractivity contribution is 1.09. The maximum absolute atomic E-state index is 4.59. The lowest BCUT2D eigenvalue weighted by Gasteiger charge is -1.66. The highest BCUT2D eigenvalue weighted by Gasteiger charge is 1.80. The van der Waals surface area contributed by atoms with Gasteiger partial charge in [0.2, 0.25) is 0 Å². The second kappa shape index (κ2) is 1.84. The van der Waals surface area contributed by atoms with Crippen LogP contribution in [0.1, 0.15) is 5.56 Å². The van der Waals surface area contributed by atoms with Crippen molar-refractivity contribution in [2.24, 2.45) is 0 Å². The minimum Gasteiger partial charge on any atom is -0.285 e. The average Bonchev–Trinajstić information content (AvgIpc) is 2.14. The fraction of sp³-hybridized carbons (Fsp3) is 0. The van der Waals surface area contributed by atoms with E-state index in [-0.39, 0.29) is 0 Å². The van der Waals surface area contributed by atoms with Gasteiger partial charge < -0.3 is 0 Å². The zero-order valence-electron chi connectivity index (χ0n) is 3.59. The molecule has 0 aliphatic heterocycles. The monoisotopic (exact) mass is 112 g/mol. The highest BCUT2D eigenvalue weighted by molar-refractivity contribution is 7.79. The van der Waals surface area contributed by atoms with Crippen LogP contribution in [0, 0.1) is 0 Å². The fourth-order valence-electron chi connectivity index (χ4n) is 0.325. The molecule has 0 amide bonds. The van der Waals surface area contributed by atoms with Gasteiger partial charge in [0.1, 0.15) is 0 Å². The molecule has 0 saturated carbocycles. The zero-order valence-corrected chi connectivity index (χ0v) is 4.40. The van der Waals surface area contributed by atoms with Crippen LogP contribution < -0.4 is 0 Å². The Morgan fingerprint density at radius 1 is 1.86 bits per heavy atom. The van der Waals surface area contributed by atoms with Crippen molar-refractivity contribution in [3.8, 4) is 0 Å². The van der Waals surface area contributed by atoms with Gasteiger partial charge in [-0.05, 0) is 0 Å². The first-order valence-corrected chi connectivity index (χ1v) is 2.34. The first kappa shape index (κ1) is 4.46. The Morgan fingerprint density at radius 2 is 2.71 bits per heavy atom. The van der Waals surface area contributed by atoms with E-state index in [1.165, 1.54) is 0 Å². The molecule has 1 aromatic rings. The molecule has 0 spiro atoms. The standard InChI is InChI=1S/C4H4N2S/c7-3-4-1-5-6-2-4/h1-3H,(H,5,6). The topological polar surface area (TPSA) is 28.7 Å². The highest BCUT2D eigenvalue weighted by Crippen LogP contribution is 1.85. The molecule has 0 fully saturated rings. The third-order valence-electron chi connectivity index (χ3n) is 0.655. The molecular weight excluding hydrogens is 108 g/mol. The quantitative estimate of drug-likeness (QED) is 0.543. The molecule has 0 radical (unpaired) electrons. The Labute approximate surface area is 46.6 Å². The highest BCUT2D eigenvalue weighted by atomic mass is 32.1. The Hall–Kier alpha value is -0.700. The lowest BCUT2D eigenvalue weighted by atomic mass is 10.4. The predicted molar refractivity (Wildman–Crippen MR) is 31.3 cm³/mol. The van der Waals surface area contributed by atoms with Crippen molar-refractivity contribution in [3.05, 3.63) is 18.0 Å². The molecule has 1 rings (SSSR count). The minimum atomic E-state index is 0.954. The number of H-pyrrole nitrogens is 1. The number of aromatic nitrogens is 2.